The van der Waals surface area contributed by atoms with Gasteiger partial charge in [-0.3, -0.25) is 4.79 Å². The van der Waals surface area contributed by atoms with Crippen LogP contribution in [0, 0.1) is 13.8 Å². The van der Waals surface area contributed by atoms with Crippen LogP contribution in [0.2, 0.25) is 0 Å². The highest BCUT2D eigenvalue weighted by molar-refractivity contribution is 5.97. The molecule has 0 aromatic heterocycles. The third-order valence-electron chi connectivity index (χ3n) is 5.39. The minimum absolute atomic E-state index is 0.0879. The standard InChI is InChI=1S/C21H26N2O3/c1-13-10-18(14(2)20(25)19(13)24)21(26)23-8-6-16(7-9-23)17-5-3-4-15(11-17)12-22/h3-5,10-11,16,24-25H,6-9,12,22H2,1-2H3. The number of carbonyl (C=O) groups excluding carboxylic acids is 1. The van der Waals surface area contributed by atoms with E-state index in [1.165, 1.54) is 5.56 Å². The Balaban J connectivity index is 1.73. The molecule has 0 aliphatic carbocycles. The van der Waals surface area contributed by atoms with E-state index in [4.69, 9.17) is 5.73 Å². The summed E-state index contributed by atoms with van der Waals surface area (Å²) < 4.78 is 0. The van der Waals surface area contributed by atoms with E-state index in [9.17, 15) is 15.0 Å². The lowest BCUT2D eigenvalue weighted by Crippen LogP contribution is -2.38. The van der Waals surface area contributed by atoms with Gasteiger partial charge in [0.05, 0.1) is 0 Å². The number of hydrogen-bond donors (Lipinski definition) is 3. The van der Waals surface area contributed by atoms with Crippen LogP contribution in [0.4, 0.5) is 0 Å². The summed E-state index contributed by atoms with van der Waals surface area (Å²) in [5.41, 5.74) is 9.54. The van der Waals surface area contributed by atoms with Crippen molar-refractivity contribution in [1.29, 1.82) is 0 Å². The molecule has 1 aliphatic rings. The molecule has 1 aliphatic heterocycles. The number of likely N-dealkylation sites (tertiary alicyclic amines) is 1. The van der Waals surface area contributed by atoms with Crippen molar-refractivity contribution in [1.82, 2.24) is 4.90 Å². The molecular weight excluding hydrogens is 328 g/mol. The van der Waals surface area contributed by atoms with Crippen LogP contribution >= 0.6 is 0 Å². The predicted molar refractivity (Wildman–Crippen MR) is 101 cm³/mol. The van der Waals surface area contributed by atoms with E-state index in [-0.39, 0.29) is 17.4 Å². The fraction of sp³-hybridized carbons (Fsp3) is 0.381. The summed E-state index contributed by atoms with van der Waals surface area (Å²) in [4.78, 5) is 14.7. The summed E-state index contributed by atoms with van der Waals surface area (Å²) >= 11 is 0. The first kappa shape index (κ1) is 18.3. The summed E-state index contributed by atoms with van der Waals surface area (Å²) in [6, 6.07) is 10.0. The lowest BCUT2D eigenvalue weighted by Gasteiger charge is -2.33. The maximum atomic E-state index is 12.9. The molecule has 1 fully saturated rings. The molecule has 1 saturated heterocycles. The van der Waals surface area contributed by atoms with E-state index in [2.05, 4.69) is 12.1 Å². The quantitative estimate of drug-likeness (QED) is 0.739. The smallest absolute Gasteiger partial charge is 0.254 e. The first-order valence-corrected chi connectivity index (χ1v) is 9.02. The number of carbonyl (C=O) groups is 1. The molecule has 0 atom stereocenters. The highest BCUT2D eigenvalue weighted by atomic mass is 16.3. The average molecular weight is 354 g/mol. The molecular formula is C21H26N2O3. The summed E-state index contributed by atoms with van der Waals surface area (Å²) in [7, 11) is 0. The molecule has 0 bridgehead atoms. The third-order valence-corrected chi connectivity index (χ3v) is 5.39. The van der Waals surface area contributed by atoms with Crippen molar-refractivity contribution in [2.45, 2.75) is 39.2 Å². The number of aromatic hydroxyl groups is 2. The van der Waals surface area contributed by atoms with Crippen LogP contribution in [0.1, 0.15) is 51.4 Å². The van der Waals surface area contributed by atoms with Gasteiger partial charge in [0.15, 0.2) is 11.5 Å². The highest BCUT2D eigenvalue weighted by Crippen LogP contribution is 2.36. The first-order valence-electron chi connectivity index (χ1n) is 9.02. The maximum absolute atomic E-state index is 12.9. The Hall–Kier alpha value is -2.53. The van der Waals surface area contributed by atoms with E-state index in [0.29, 0.717) is 42.2 Å². The summed E-state index contributed by atoms with van der Waals surface area (Å²) in [6.45, 7) is 5.23. The van der Waals surface area contributed by atoms with E-state index in [0.717, 1.165) is 18.4 Å². The van der Waals surface area contributed by atoms with Gasteiger partial charge in [-0.2, -0.15) is 0 Å². The van der Waals surface area contributed by atoms with Gasteiger partial charge in [0, 0.05) is 30.8 Å². The van der Waals surface area contributed by atoms with E-state index >= 15 is 0 Å². The lowest BCUT2D eigenvalue weighted by atomic mass is 9.88. The Labute approximate surface area is 154 Å². The van der Waals surface area contributed by atoms with Crippen LogP contribution in [-0.2, 0) is 6.54 Å². The van der Waals surface area contributed by atoms with E-state index < -0.39 is 0 Å². The number of hydrogen-bond acceptors (Lipinski definition) is 4. The molecule has 0 unspecified atom stereocenters. The van der Waals surface area contributed by atoms with Crippen molar-refractivity contribution < 1.29 is 15.0 Å². The SMILES string of the molecule is Cc1cc(C(=O)N2CCC(c3cccc(CN)c3)CC2)c(C)c(O)c1O. The monoisotopic (exact) mass is 354 g/mol. The fourth-order valence-corrected chi connectivity index (χ4v) is 3.67. The Kier molecular flexibility index (Phi) is 5.18. The van der Waals surface area contributed by atoms with Crippen molar-refractivity contribution in [3.05, 3.63) is 58.1 Å². The van der Waals surface area contributed by atoms with Crippen molar-refractivity contribution >= 4 is 5.91 Å². The van der Waals surface area contributed by atoms with Crippen LogP contribution in [0.15, 0.2) is 30.3 Å². The van der Waals surface area contributed by atoms with Crippen LogP contribution < -0.4 is 5.73 Å². The number of piperidine rings is 1. The molecule has 26 heavy (non-hydrogen) atoms. The molecule has 138 valence electrons. The van der Waals surface area contributed by atoms with Gasteiger partial charge < -0.3 is 20.8 Å². The van der Waals surface area contributed by atoms with Gasteiger partial charge in [0.2, 0.25) is 0 Å². The second-order valence-corrected chi connectivity index (χ2v) is 7.08. The predicted octanol–water partition coefficient (Wildman–Crippen LogP) is 3.19. The zero-order chi connectivity index (χ0) is 18.8. The molecule has 0 saturated carbocycles. The largest absolute Gasteiger partial charge is 0.504 e. The summed E-state index contributed by atoms with van der Waals surface area (Å²) in [5.74, 6) is -0.0176. The van der Waals surface area contributed by atoms with Crippen LogP contribution in [0.3, 0.4) is 0 Å². The molecule has 1 heterocycles. The van der Waals surface area contributed by atoms with E-state index in [1.54, 1.807) is 19.9 Å². The van der Waals surface area contributed by atoms with Crippen LogP contribution in [0.25, 0.3) is 0 Å². The van der Waals surface area contributed by atoms with Gasteiger partial charge in [-0.25, -0.2) is 0 Å². The molecule has 0 radical (unpaired) electrons. The normalized spacial score (nSPS) is 15.3. The lowest BCUT2D eigenvalue weighted by molar-refractivity contribution is 0.0711. The number of nitrogens with zero attached hydrogens (tertiary/aromatic N) is 1. The molecule has 5 nitrogen and oxygen atoms in total. The van der Waals surface area contributed by atoms with Crippen molar-refractivity contribution in [2.75, 3.05) is 13.1 Å². The fourth-order valence-electron chi connectivity index (χ4n) is 3.67. The molecule has 4 N–H and O–H groups in total. The number of rotatable bonds is 3. The topological polar surface area (TPSA) is 86.8 Å². The Bertz CT molecular complexity index is 824. The molecule has 2 aromatic rings. The second-order valence-electron chi connectivity index (χ2n) is 7.08. The summed E-state index contributed by atoms with van der Waals surface area (Å²) in [6.07, 6.45) is 1.81. The zero-order valence-corrected chi connectivity index (χ0v) is 15.3. The number of amides is 1. The van der Waals surface area contributed by atoms with Gasteiger partial charge in [-0.1, -0.05) is 24.3 Å². The van der Waals surface area contributed by atoms with Crippen molar-refractivity contribution in [2.24, 2.45) is 5.73 Å². The van der Waals surface area contributed by atoms with Gasteiger partial charge in [0.25, 0.3) is 5.91 Å². The number of benzene rings is 2. The number of aryl methyl sites for hydroxylation is 1. The number of phenolic OH excluding ortho intramolecular Hbond substituents is 2. The molecule has 1 amide bonds. The van der Waals surface area contributed by atoms with Crippen molar-refractivity contribution in [3.63, 3.8) is 0 Å². The summed E-state index contributed by atoms with van der Waals surface area (Å²) in [5, 5.41) is 19.8. The van der Waals surface area contributed by atoms with Gasteiger partial charge in [-0.15, -0.1) is 0 Å². The van der Waals surface area contributed by atoms with Crippen LogP contribution in [-0.4, -0.2) is 34.1 Å². The molecule has 3 rings (SSSR count). The van der Waals surface area contributed by atoms with Crippen molar-refractivity contribution in [3.8, 4) is 11.5 Å². The molecule has 5 heteroatoms. The Morgan fingerprint density at radius 2 is 1.85 bits per heavy atom. The average Bonchev–Trinajstić information content (AvgIpc) is 2.68. The highest BCUT2D eigenvalue weighted by Gasteiger charge is 2.27. The first-order chi connectivity index (χ1) is 12.4. The zero-order valence-electron chi connectivity index (χ0n) is 15.3. The van der Waals surface area contributed by atoms with Gasteiger partial charge in [0.1, 0.15) is 0 Å². The minimum Gasteiger partial charge on any atom is -0.504 e. The van der Waals surface area contributed by atoms with Gasteiger partial charge in [-0.05, 0) is 55.4 Å². The Morgan fingerprint density at radius 1 is 1.15 bits per heavy atom. The number of nitrogens with two attached hydrogens (primary N) is 1. The molecule has 0 spiro atoms. The second kappa shape index (κ2) is 7.38. The number of phenols is 2. The maximum Gasteiger partial charge on any atom is 0.254 e. The third kappa shape index (κ3) is 3.40. The molecule has 2 aromatic carbocycles. The minimum atomic E-state index is -0.207. The van der Waals surface area contributed by atoms with E-state index in [1.807, 2.05) is 17.0 Å². The van der Waals surface area contributed by atoms with Gasteiger partial charge >= 0.3 is 0 Å². The Morgan fingerprint density at radius 3 is 2.50 bits per heavy atom. The van der Waals surface area contributed by atoms with Crippen LogP contribution in [0.5, 0.6) is 11.5 Å².